The summed E-state index contributed by atoms with van der Waals surface area (Å²) >= 11 is 1.94. The zero-order valence-electron chi connectivity index (χ0n) is 13.7. The molecule has 3 aromatic rings. The largest absolute Gasteiger partial charge is 0.456 e. The summed E-state index contributed by atoms with van der Waals surface area (Å²) in [5.41, 5.74) is 2.51. The lowest BCUT2D eigenvalue weighted by atomic mass is 9.94. The van der Waals surface area contributed by atoms with Crippen molar-refractivity contribution >= 4 is 39.5 Å². The Balaban J connectivity index is 1.82. The van der Waals surface area contributed by atoms with Crippen molar-refractivity contribution in [2.24, 2.45) is 5.92 Å². The number of furan rings is 1. The molecule has 120 valence electrons. The lowest BCUT2D eigenvalue weighted by Gasteiger charge is -2.10. The van der Waals surface area contributed by atoms with E-state index in [9.17, 15) is 4.79 Å². The maximum atomic E-state index is 12.7. The van der Waals surface area contributed by atoms with Gasteiger partial charge >= 0.3 is 0 Å². The average molecular weight is 326 g/mol. The molecule has 1 aromatic heterocycles. The van der Waals surface area contributed by atoms with Crippen LogP contribution in [0.2, 0.25) is 0 Å². The van der Waals surface area contributed by atoms with E-state index in [1.54, 1.807) is 0 Å². The maximum Gasteiger partial charge on any atom is 0.165 e. The van der Waals surface area contributed by atoms with Crippen LogP contribution in [-0.2, 0) is 0 Å². The number of rotatable bonds is 7. The molecule has 0 aliphatic heterocycles. The highest BCUT2D eigenvalue weighted by atomic mass is 32.2. The molecule has 0 amide bonds. The fraction of sp³-hybridized carbons (Fsp3) is 0.350. The third-order valence-electron chi connectivity index (χ3n) is 4.24. The van der Waals surface area contributed by atoms with Crippen molar-refractivity contribution in [1.82, 2.24) is 0 Å². The number of thioether (sulfide) groups is 1. The summed E-state index contributed by atoms with van der Waals surface area (Å²) in [5.74, 6) is 2.59. The van der Waals surface area contributed by atoms with Gasteiger partial charge in [-0.25, -0.2) is 0 Å². The smallest absolute Gasteiger partial charge is 0.165 e. The van der Waals surface area contributed by atoms with Crippen LogP contribution in [-0.4, -0.2) is 17.3 Å². The standard InChI is InChI=1S/C20H22O2S/c1-3-23-12-6-7-14(2)20(21)15-10-11-19-17(13-15)16-8-4-5-9-18(16)22-19/h4-5,8-11,13-14H,3,6-7,12H2,1-2H3. The molecule has 0 radical (unpaired) electrons. The quantitative estimate of drug-likeness (QED) is 0.398. The molecule has 0 fully saturated rings. The molecule has 2 aromatic carbocycles. The molecular weight excluding hydrogens is 304 g/mol. The predicted molar refractivity (Wildman–Crippen MR) is 99.4 cm³/mol. The summed E-state index contributed by atoms with van der Waals surface area (Å²) in [6.45, 7) is 4.21. The van der Waals surface area contributed by atoms with E-state index in [0.29, 0.717) is 0 Å². The van der Waals surface area contributed by atoms with Gasteiger partial charge in [-0.2, -0.15) is 11.8 Å². The summed E-state index contributed by atoms with van der Waals surface area (Å²) in [6.07, 6.45) is 2.05. The van der Waals surface area contributed by atoms with Crippen LogP contribution in [0.15, 0.2) is 46.9 Å². The monoisotopic (exact) mass is 326 g/mol. The van der Waals surface area contributed by atoms with Crippen LogP contribution in [0, 0.1) is 5.92 Å². The molecule has 0 N–H and O–H groups in total. The first kappa shape index (κ1) is 16.1. The van der Waals surface area contributed by atoms with Crippen molar-refractivity contribution in [2.75, 3.05) is 11.5 Å². The molecular formula is C20H22O2S. The van der Waals surface area contributed by atoms with Crippen LogP contribution < -0.4 is 0 Å². The fourth-order valence-electron chi connectivity index (χ4n) is 2.93. The highest BCUT2D eigenvalue weighted by Crippen LogP contribution is 2.30. The van der Waals surface area contributed by atoms with E-state index in [1.807, 2.05) is 61.2 Å². The molecule has 0 spiro atoms. The second-order valence-corrected chi connectivity index (χ2v) is 7.31. The summed E-state index contributed by atoms with van der Waals surface area (Å²) in [7, 11) is 0. The number of ketones is 1. The Bertz CT molecular complexity index is 819. The third-order valence-corrected chi connectivity index (χ3v) is 5.22. The first-order chi connectivity index (χ1) is 11.2. The molecule has 1 unspecified atom stereocenters. The highest BCUT2D eigenvalue weighted by molar-refractivity contribution is 7.99. The van der Waals surface area contributed by atoms with E-state index in [-0.39, 0.29) is 11.7 Å². The number of carbonyl (C=O) groups is 1. The van der Waals surface area contributed by atoms with Gasteiger partial charge in [-0.05, 0) is 48.6 Å². The summed E-state index contributed by atoms with van der Waals surface area (Å²) in [5, 5.41) is 2.10. The minimum Gasteiger partial charge on any atom is -0.456 e. The molecule has 0 bridgehead atoms. The van der Waals surface area contributed by atoms with Crippen molar-refractivity contribution in [3.05, 3.63) is 48.0 Å². The van der Waals surface area contributed by atoms with Crippen LogP contribution in [0.3, 0.4) is 0 Å². The second-order valence-electron chi connectivity index (χ2n) is 5.91. The molecule has 3 heteroatoms. The van der Waals surface area contributed by atoms with Gasteiger partial charge in [-0.3, -0.25) is 4.79 Å². The normalized spacial score (nSPS) is 12.8. The van der Waals surface area contributed by atoms with Crippen LogP contribution in [0.1, 0.15) is 37.0 Å². The van der Waals surface area contributed by atoms with Gasteiger partial charge in [-0.1, -0.05) is 32.0 Å². The van der Waals surface area contributed by atoms with Gasteiger partial charge in [0, 0.05) is 22.3 Å². The molecule has 23 heavy (non-hydrogen) atoms. The van der Waals surface area contributed by atoms with Crippen molar-refractivity contribution < 1.29 is 9.21 Å². The topological polar surface area (TPSA) is 30.2 Å². The van der Waals surface area contributed by atoms with Gasteiger partial charge in [-0.15, -0.1) is 0 Å². The molecule has 0 saturated heterocycles. The Labute approximate surface area is 141 Å². The lowest BCUT2D eigenvalue weighted by Crippen LogP contribution is -2.11. The van der Waals surface area contributed by atoms with Gasteiger partial charge in [0.2, 0.25) is 0 Å². The predicted octanol–water partition coefficient (Wildman–Crippen LogP) is 5.94. The van der Waals surface area contributed by atoms with Gasteiger partial charge in [0.1, 0.15) is 11.2 Å². The number of Topliss-reactive ketones (excluding diaryl/α,β-unsaturated/α-hetero) is 1. The molecule has 2 nitrogen and oxygen atoms in total. The van der Waals surface area contributed by atoms with Crippen molar-refractivity contribution in [3.63, 3.8) is 0 Å². The van der Waals surface area contributed by atoms with Gasteiger partial charge in [0.15, 0.2) is 5.78 Å². The molecule has 0 aliphatic carbocycles. The minimum atomic E-state index is 0.0723. The second kappa shape index (κ2) is 7.22. The maximum absolute atomic E-state index is 12.7. The van der Waals surface area contributed by atoms with E-state index in [0.717, 1.165) is 51.8 Å². The van der Waals surface area contributed by atoms with E-state index in [4.69, 9.17) is 4.42 Å². The zero-order chi connectivity index (χ0) is 16.2. The summed E-state index contributed by atoms with van der Waals surface area (Å²) < 4.78 is 5.83. The number of hydrogen-bond donors (Lipinski definition) is 0. The Hall–Kier alpha value is -1.74. The van der Waals surface area contributed by atoms with Crippen molar-refractivity contribution in [3.8, 4) is 0 Å². The molecule has 3 rings (SSSR count). The van der Waals surface area contributed by atoms with Gasteiger partial charge < -0.3 is 4.42 Å². The Morgan fingerprint density at radius 2 is 1.91 bits per heavy atom. The summed E-state index contributed by atoms with van der Waals surface area (Å²) in [4.78, 5) is 12.7. The van der Waals surface area contributed by atoms with E-state index < -0.39 is 0 Å². The summed E-state index contributed by atoms with van der Waals surface area (Å²) in [6, 6.07) is 13.8. The third kappa shape index (κ3) is 3.45. The molecule has 0 aliphatic rings. The van der Waals surface area contributed by atoms with Crippen LogP contribution in [0.4, 0.5) is 0 Å². The van der Waals surface area contributed by atoms with Crippen LogP contribution in [0.25, 0.3) is 21.9 Å². The number of carbonyl (C=O) groups excluding carboxylic acids is 1. The van der Waals surface area contributed by atoms with Crippen molar-refractivity contribution in [1.29, 1.82) is 0 Å². The average Bonchev–Trinajstić information content (AvgIpc) is 2.95. The molecule has 0 saturated carbocycles. The SMILES string of the molecule is CCSCCCC(C)C(=O)c1ccc2oc3ccccc3c2c1. The van der Waals surface area contributed by atoms with E-state index in [1.165, 1.54) is 0 Å². The Morgan fingerprint density at radius 1 is 1.13 bits per heavy atom. The molecule has 1 atom stereocenters. The highest BCUT2D eigenvalue weighted by Gasteiger charge is 2.16. The van der Waals surface area contributed by atoms with Crippen molar-refractivity contribution in [2.45, 2.75) is 26.7 Å². The first-order valence-electron chi connectivity index (χ1n) is 8.24. The van der Waals surface area contributed by atoms with Gasteiger partial charge in [0.25, 0.3) is 0 Å². The van der Waals surface area contributed by atoms with Crippen LogP contribution >= 0.6 is 11.8 Å². The fourth-order valence-corrected chi connectivity index (χ4v) is 3.59. The number of benzene rings is 2. The van der Waals surface area contributed by atoms with E-state index >= 15 is 0 Å². The zero-order valence-corrected chi connectivity index (χ0v) is 14.5. The van der Waals surface area contributed by atoms with Gasteiger partial charge in [0.05, 0.1) is 0 Å². The van der Waals surface area contributed by atoms with Crippen LogP contribution in [0.5, 0.6) is 0 Å². The first-order valence-corrected chi connectivity index (χ1v) is 9.39. The number of para-hydroxylation sites is 1. The Kier molecular flexibility index (Phi) is 5.06. The number of hydrogen-bond acceptors (Lipinski definition) is 3. The van der Waals surface area contributed by atoms with E-state index in [2.05, 4.69) is 6.92 Å². The minimum absolute atomic E-state index is 0.0723. The Morgan fingerprint density at radius 3 is 2.74 bits per heavy atom. The lowest BCUT2D eigenvalue weighted by molar-refractivity contribution is 0.0924. The number of fused-ring (bicyclic) bond motifs is 3. The molecule has 1 heterocycles.